The maximum atomic E-state index is 11.2. The van der Waals surface area contributed by atoms with Crippen molar-refractivity contribution in [2.45, 2.75) is 20.9 Å². The molecule has 2 nitrogen and oxygen atoms in total. The van der Waals surface area contributed by atoms with Crippen LogP contribution in [0.5, 0.6) is 0 Å². The Balaban J connectivity index is 2.76. The van der Waals surface area contributed by atoms with Gasteiger partial charge < -0.3 is 4.74 Å². The highest BCUT2D eigenvalue weighted by atomic mass is 79.9. The van der Waals surface area contributed by atoms with Gasteiger partial charge in [0.2, 0.25) is 0 Å². The Morgan fingerprint density at radius 2 is 2.18 bits per heavy atom. The molecule has 1 saturated heterocycles. The number of hydrogen-bond acceptors (Lipinski definition) is 2. The molecular weight excluding hydrogens is 344 g/mol. The first-order chi connectivity index (χ1) is 5.05. The molecule has 1 rings (SSSR count). The SMILES string of the molecule is O=C1OCCCC(Br)C1(Br)Br. The second kappa shape index (κ2) is 3.75. The van der Waals surface area contributed by atoms with Gasteiger partial charge in [0, 0.05) is 0 Å². The first-order valence-corrected chi connectivity index (χ1v) is 5.74. The van der Waals surface area contributed by atoms with E-state index < -0.39 is 3.23 Å². The molecule has 1 heterocycles. The van der Waals surface area contributed by atoms with Gasteiger partial charge >= 0.3 is 5.97 Å². The number of hydrogen-bond donors (Lipinski definition) is 0. The van der Waals surface area contributed by atoms with Gasteiger partial charge in [-0.3, -0.25) is 0 Å². The predicted octanol–water partition coefficient (Wildman–Crippen LogP) is 2.57. The fourth-order valence-corrected chi connectivity index (χ4v) is 2.03. The molecular formula is C6H7Br3O2. The van der Waals surface area contributed by atoms with Gasteiger partial charge in [0.1, 0.15) is 0 Å². The van der Waals surface area contributed by atoms with E-state index in [0.29, 0.717) is 6.61 Å². The molecule has 0 aliphatic carbocycles. The van der Waals surface area contributed by atoms with Crippen LogP contribution in [0.1, 0.15) is 12.8 Å². The summed E-state index contributed by atoms with van der Waals surface area (Å²) in [5.41, 5.74) is 0. The molecule has 1 unspecified atom stereocenters. The lowest BCUT2D eigenvalue weighted by atomic mass is 10.2. The van der Waals surface area contributed by atoms with Crippen molar-refractivity contribution < 1.29 is 9.53 Å². The largest absolute Gasteiger partial charge is 0.464 e. The maximum Gasteiger partial charge on any atom is 0.335 e. The summed E-state index contributed by atoms with van der Waals surface area (Å²) < 4.78 is 4.19. The number of halogens is 3. The van der Waals surface area contributed by atoms with Crippen LogP contribution in [-0.2, 0) is 9.53 Å². The summed E-state index contributed by atoms with van der Waals surface area (Å²) in [6.07, 6.45) is 1.82. The van der Waals surface area contributed by atoms with Gasteiger partial charge in [-0.2, -0.15) is 0 Å². The van der Waals surface area contributed by atoms with Gasteiger partial charge in [-0.05, 0) is 12.8 Å². The molecule has 1 aliphatic rings. The van der Waals surface area contributed by atoms with E-state index in [9.17, 15) is 4.79 Å². The Kier molecular flexibility index (Phi) is 3.40. The van der Waals surface area contributed by atoms with E-state index in [0.717, 1.165) is 12.8 Å². The van der Waals surface area contributed by atoms with Gasteiger partial charge in [-0.1, -0.05) is 47.8 Å². The summed E-state index contributed by atoms with van der Waals surface area (Å²) in [7, 11) is 0. The van der Waals surface area contributed by atoms with Crippen LogP contribution in [-0.4, -0.2) is 20.6 Å². The average Bonchev–Trinajstić information content (AvgIpc) is 2.03. The third-order valence-corrected chi connectivity index (χ3v) is 5.63. The van der Waals surface area contributed by atoms with Crippen molar-refractivity contribution in [3.63, 3.8) is 0 Å². The monoisotopic (exact) mass is 348 g/mol. The third-order valence-electron chi connectivity index (χ3n) is 1.50. The van der Waals surface area contributed by atoms with Crippen LogP contribution >= 0.6 is 47.8 Å². The second-order valence-electron chi connectivity index (χ2n) is 2.37. The Labute approximate surface area is 90.4 Å². The van der Waals surface area contributed by atoms with E-state index in [1.807, 2.05) is 0 Å². The minimum absolute atomic E-state index is 0.0880. The number of carbonyl (C=O) groups excluding carboxylic acids is 1. The standard InChI is InChI=1S/C6H7Br3O2/c7-4-2-1-3-11-5(10)6(4,8)9/h4H,1-3H2. The minimum atomic E-state index is -0.740. The van der Waals surface area contributed by atoms with Crippen LogP contribution < -0.4 is 0 Å². The summed E-state index contributed by atoms with van der Waals surface area (Å²) in [4.78, 5) is 11.3. The molecule has 0 radical (unpaired) electrons. The molecule has 0 spiro atoms. The molecule has 0 aromatic heterocycles. The minimum Gasteiger partial charge on any atom is -0.464 e. The number of cyclic esters (lactones) is 1. The fraction of sp³-hybridized carbons (Fsp3) is 0.833. The Morgan fingerprint density at radius 3 is 2.82 bits per heavy atom. The zero-order chi connectivity index (χ0) is 8.48. The summed E-state index contributed by atoms with van der Waals surface area (Å²) >= 11 is 9.94. The Morgan fingerprint density at radius 1 is 1.55 bits per heavy atom. The van der Waals surface area contributed by atoms with Crippen LogP contribution in [0.2, 0.25) is 0 Å². The predicted molar refractivity (Wildman–Crippen MR) is 53.5 cm³/mol. The fourth-order valence-electron chi connectivity index (χ4n) is 0.833. The smallest absolute Gasteiger partial charge is 0.335 e. The van der Waals surface area contributed by atoms with Gasteiger partial charge in [-0.15, -0.1) is 0 Å². The van der Waals surface area contributed by atoms with Gasteiger partial charge in [0.15, 0.2) is 3.23 Å². The van der Waals surface area contributed by atoms with E-state index in [4.69, 9.17) is 4.74 Å². The number of alkyl halides is 3. The van der Waals surface area contributed by atoms with Crippen molar-refractivity contribution in [2.24, 2.45) is 0 Å². The number of rotatable bonds is 0. The van der Waals surface area contributed by atoms with Crippen LogP contribution in [0.3, 0.4) is 0 Å². The molecule has 1 aliphatic heterocycles. The zero-order valence-corrected chi connectivity index (χ0v) is 10.4. The highest BCUT2D eigenvalue weighted by molar-refractivity contribution is 9.26. The molecule has 1 fully saturated rings. The van der Waals surface area contributed by atoms with Crippen molar-refractivity contribution >= 4 is 53.8 Å². The van der Waals surface area contributed by atoms with Gasteiger partial charge in [0.05, 0.1) is 11.4 Å². The first-order valence-electron chi connectivity index (χ1n) is 3.24. The summed E-state index contributed by atoms with van der Waals surface area (Å²) in [6, 6.07) is 0. The normalized spacial score (nSPS) is 30.8. The van der Waals surface area contributed by atoms with E-state index >= 15 is 0 Å². The molecule has 5 heteroatoms. The van der Waals surface area contributed by atoms with Crippen molar-refractivity contribution in [1.82, 2.24) is 0 Å². The molecule has 0 aromatic rings. The number of esters is 1. The van der Waals surface area contributed by atoms with Gasteiger partial charge in [-0.25, -0.2) is 4.79 Å². The van der Waals surface area contributed by atoms with Crippen molar-refractivity contribution in [3.8, 4) is 0 Å². The lowest BCUT2D eigenvalue weighted by Gasteiger charge is -2.19. The summed E-state index contributed by atoms with van der Waals surface area (Å²) in [6.45, 7) is 0.514. The first kappa shape index (κ1) is 9.99. The third kappa shape index (κ3) is 2.18. The molecule has 11 heavy (non-hydrogen) atoms. The van der Waals surface area contributed by atoms with Crippen molar-refractivity contribution in [2.75, 3.05) is 6.61 Å². The Hall–Kier alpha value is 0.910. The second-order valence-corrected chi connectivity index (χ2v) is 7.04. The molecule has 64 valence electrons. The highest BCUT2D eigenvalue weighted by Crippen LogP contribution is 2.39. The van der Waals surface area contributed by atoms with E-state index in [2.05, 4.69) is 47.8 Å². The van der Waals surface area contributed by atoms with Crippen LogP contribution in [0.4, 0.5) is 0 Å². The molecule has 0 saturated carbocycles. The van der Waals surface area contributed by atoms with Crippen molar-refractivity contribution in [3.05, 3.63) is 0 Å². The van der Waals surface area contributed by atoms with E-state index in [-0.39, 0.29) is 10.8 Å². The maximum absolute atomic E-state index is 11.2. The van der Waals surface area contributed by atoms with Crippen LogP contribution in [0, 0.1) is 0 Å². The lowest BCUT2D eigenvalue weighted by Crippen LogP contribution is -2.33. The number of carbonyl (C=O) groups is 1. The lowest BCUT2D eigenvalue weighted by molar-refractivity contribution is -0.142. The highest BCUT2D eigenvalue weighted by Gasteiger charge is 2.42. The molecule has 0 aromatic carbocycles. The average molecular weight is 351 g/mol. The topological polar surface area (TPSA) is 26.3 Å². The molecule has 0 bridgehead atoms. The van der Waals surface area contributed by atoms with E-state index in [1.54, 1.807) is 0 Å². The van der Waals surface area contributed by atoms with Crippen LogP contribution in [0.15, 0.2) is 0 Å². The van der Waals surface area contributed by atoms with Gasteiger partial charge in [0.25, 0.3) is 0 Å². The van der Waals surface area contributed by atoms with Crippen molar-refractivity contribution in [1.29, 1.82) is 0 Å². The van der Waals surface area contributed by atoms with E-state index in [1.165, 1.54) is 0 Å². The quantitative estimate of drug-likeness (QED) is 0.496. The molecule has 0 N–H and O–H groups in total. The molecule has 1 atom stereocenters. The zero-order valence-electron chi connectivity index (χ0n) is 5.65. The summed E-state index contributed by atoms with van der Waals surface area (Å²) in [5, 5.41) is 0. The molecule has 0 amide bonds. The number of ether oxygens (including phenoxy) is 1. The Bertz CT molecular complexity index is 169. The summed E-state index contributed by atoms with van der Waals surface area (Å²) in [5.74, 6) is -0.253. The van der Waals surface area contributed by atoms with Crippen LogP contribution in [0.25, 0.3) is 0 Å².